The molecule has 0 fully saturated rings. The zero-order valence-corrected chi connectivity index (χ0v) is 13.2. The van der Waals surface area contributed by atoms with Crippen LogP contribution in [0.4, 0.5) is 4.79 Å². The second kappa shape index (κ2) is 8.33. The third-order valence-electron chi connectivity index (χ3n) is 2.56. The lowest BCUT2D eigenvalue weighted by molar-refractivity contribution is 0.0527. The van der Waals surface area contributed by atoms with E-state index in [1.165, 1.54) is 6.20 Å². The van der Waals surface area contributed by atoms with Crippen molar-refractivity contribution in [1.82, 2.24) is 15.6 Å². The summed E-state index contributed by atoms with van der Waals surface area (Å²) in [4.78, 5) is 27.1. The Kier molecular flexibility index (Phi) is 6.78. The first kappa shape index (κ1) is 17.9. The summed E-state index contributed by atoms with van der Waals surface area (Å²) in [5.41, 5.74) is 0.418. The van der Waals surface area contributed by atoms with Gasteiger partial charge in [0, 0.05) is 19.3 Å². The van der Waals surface area contributed by atoms with Crippen LogP contribution in [0.1, 0.15) is 43.2 Å². The van der Waals surface area contributed by atoms with E-state index in [1.807, 2.05) is 0 Å². The molecule has 1 aromatic rings. The molecule has 122 valence electrons. The molecule has 0 aromatic carbocycles. The van der Waals surface area contributed by atoms with Crippen molar-refractivity contribution >= 4 is 12.0 Å². The molecule has 22 heavy (non-hydrogen) atoms. The number of hydrogen-bond donors (Lipinski definition) is 3. The number of amides is 2. The Hall–Kier alpha value is -2.15. The molecule has 1 heterocycles. The van der Waals surface area contributed by atoms with E-state index in [9.17, 15) is 9.59 Å². The summed E-state index contributed by atoms with van der Waals surface area (Å²) in [6, 6.07) is 3.20. The fourth-order valence-corrected chi connectivity index (χ4v) is 1.55. The number of carbonyl (C=O) groups excluding carboxylic acids is 2. The SMILES string of the molecule is CC(C)(C)OC(=O)NCCCNC(=O)c1ccc(CO)nc1. The molecule has 0 aliphatic carbocycles. The number of alkyl carbamates (subject to hydrolysis) is 1. The number of hydrogen-bond acceptors (Lipinski definition) is 5. The van der Waals surface area contributed by atoms with Gasteiger partial charge in [-0.15, -0.1) is 0 Å². The molecule has 0 radical (unpaired) electrons. The van der Waals surface area contributed by atoms with E-state index in [2.05, 4.69) is 15.6 Å². The highest BCUT2D eigenvalue weighted by molar-refractivity contribution is 5.93. The maximum absolute atomic E-state index is 11.8. The zero-order chi connectivity index (χ0) is 16.6. The number of carbonyl (C=O) groups is 2. The number of aliphatic hydroxyl groups excluding tert-OH is 1. The van der Waals surface area contributed by atoms with Crippen LogP contribution < -0.4 is 10.6 Å². The van der Waals surface area contributed by atoms with Crippen molar-refractivity contribution in [1.29, 1.82) is 0 Å². The fraction of sp³-hybridized carbons (Fsp3) is 0.533. The highest BCUT2D eigenvalue weighted by Crippen LogP contribution is 2.06. The molecule has 3 N–H and O–H groups in total. The van der Waals surface area contributed by atoms with Gasteiger partial charge in [0.2, 0.25) is 0 Å². The Morgan fingerprint density at radius 1 is 1.23 bits per heavy atom. The molecular weight excluding hydrogens is 286 g/mol. The quantitative estimate of drug-likeness (QED) is 0.686. The minimum absolute atomic E-state index is 0.155. The standard InChI is InChI=1S/C15H23N3O4/c1-15(2,3)22-14(21)17-8-4-7-16-13(20)11-5-6-12(10-19)18-9-11/h5-6,9,19H,4,7-8,10H2,1-3H3,(H,16,20)(H,17,21). The molecule has 0 saturated heterocycles. The minimum Gasteiger partial charge on any atom is -0.444 e. The monoisotopic (exact) mass is 309 g/mol. The smallest absolute Gasteiger partial charge is 0.407 e. The van der Waals surface area contributed by atoms with E-state index in [1.54, 1.807) is 32.9 Å². The van der Waals surface area contributed by atoms with Crippen molar-refractivity contribution in [2.24, 2.45) is 0 Å². The number of nitrogens with zero attached hydrogens (tertiary/aromatic N) is 1. The summed E-state index contributed by atoms with van der Waals surface area (Å²) < 4.78 is 5.09. The van der Waals surface area contributed by atoms with Crippen molar-refractivity contribution in [3.8, 4) is 0 Å². The third-order valence-corrected chi connectivity index (χ3v) is 2.56. The van der Waals surface area contributed by atoms with Crippen LogP contribution in [-0.4, -0.2) is 40.8 Å². The van der Waals surface area contributed by atoms with E-state index < -0.39 is 11.7 Å². The van der Waals surface area contributed by atoms with Crippen molar-refractivity contribution in [3.05, 3.63) is 29.6 Å². The van der Waals surface area contributed by atoms with Crippen molar-refractivity contribution in [2.75, 3.05) is 13.1 Å². The molecule has 0 atom stereocenters. The lowest BCUT2D eigenvalue weighted by Crippen LogP contribution is -2.34. The number of nitrogens with one attached hydrogen (secondary N) is 2. The van der Waals surface area contributed by atoms with Gasteiger partial charge in [-0.25, -0.2) is 4.79 Å². The number of rotatable bonds is 6. The van der Waals surface area contributed by atoms with Gasteiger partial charge in [-0.2, -0.15) is 0 Å². The molecule has 0 bridgehead atoms. The molecule has 0 unspecified atom stereocenters. The van der Waals surface area contributed by atoms with Gasteiger partial charge in [-0.1, -0.05) is 0 Å². The summed E-state index contributed by atoms with van der Waals surface area (Å²) in [6.45, 7) is 6.07. The molecule has 0 aliphatic rings. The average molecular weight is 309 g/mol. The van der Waals surface area contributed by atoms with E-state index >= 15 is 0 Å². The maximum atomic E-state index is 11.8. The first-order valence-corrected chi connectivity index (χ1v) is 7.12. The number of pyridine rings is 1. The lowest BCUT2D eigenvalue weighted by Gasteiger charge is -2.19. The van der Waals surface area contributed by atoms with Crippen LogP contribution in [0.2, 0.25) is 0 Å². The van der Waals surface area contributed by atoms with Gasteiger partial charge < -0.3 is 20.5 Å². The van der Waals surface area contributed by atoms with Gasteiger partial charge >= 0.3 is 6.09 Å². The molecule has 0 aliphatic heterocycles. The Labute approximate surface area is 130 Å². The van der Waals surface area contributed by atoms with E-state index in [0.29, 0.717) is 30.8 Å². The average Bonchev–Trinajstić information content (AvgIpc) is 2.45. The number of ether oxygens (including phenoxy) is 1. The highest BCUT2D eigenvalue weighted by atomic mass is 16.6. The summed E-state index contributed by atoms with van der Waals surface area (Å²) in [5.74, 6) is -0.241. The highest BCUT2D eigenvalue weighted by Gasteiger charge is 2.15. The first-order chi connectivity index (χ1) is 10.3. The predicted molar refractivity (Wildman–Crippen MR) is 81.3 cm³/mol. The molecule has 0 spiro atoms. The van der Waals surface area contributed by atoms with Crippen molar-refractivity contribution in [3.63, 3.8) is 0 Å². The summed E-state index contributed by atoms with van der Waals surface area (Å²) in [7, 11) is 0. The molecular formula is C15H23N3O4. The van der Waals surface area contributed by atoms with E-state index in [0.717, 1.165) is 0 Å². The van der Waals surface area contributed by atoms with Crippen LogP contribution in [0, 0.1) is 0 Å². The summed E-state index contributed by atoms with van der Waals surface area (Å²) in [5, 5.41) is 14.2. The van der Waals surface area contributed by atoms with Crippen LogP contribution in [0.5, 0.6) is 0 Å². The van der Waals surface area contributed by atoms with Gasteiger partial charge in [0.25, 0.3) is 5.91 Å². The Bertz CT molecular complexity index is 495. The van der Waals surface area contributed by atoms with E-state index in [-0.39, 0.29) is 12.5 Å². The third kappa shape index (κ3) is 7.03. The van der Waals surface area contributed by atoms with Gasteiger partial charge in [-0.3, -0.25) is 9.78 Å². The molecule has 2 amide bonds. The van der Waals surface area contributed by atoms with Gasteiger partial charge in [0.05, 0.1) is 17.9 Å². The van der Waals surface area contributed by atoms with E-state index in [4.69, 9.17) is 9.84 Å². The zero-order valence-electron chi connectivity index (χ0n) is 13.2. The minimum atomic E-state index is -0.522. The lowest BCUT2D eigenvalue weighted by atomic mass is 10.2. The summed E-state index contributed by atoms with van der Waals surface area (Å²) >= 11 is 0. The van der Waals surface area contributed by atoms with Crippen LogP contribution in [0.25, 0.3) is 0 Å². The van der Waals surface area contributed by atoms with Gasteiger partial charge in [-0.05, 0) is 39.3 Å². The molecule has 0 saturated carbocycles. The number of aromatic nitrogens is 1. The van der Waals surface area contributed by atoms with Crippen LogP contribution >= 0.6 is 0 Å². The second-order valence-corrected chi connectivity index (χ2v) is 5.73. The Morgan fingerprint density at radius 2 is 1.91 bits per heavy atom. The maximum Gasteiger partial charge on any atom is 0.407 e. The van der Waals surface area contributed by atoms with Crippen molar-refractivity contribution < 1.29 is 19.4 Å². The van der Waals surface area contributed by atoms with Crippen LogP contribution in [0.15, 0.2) is 18.3 Å². The second-order valence-electron chi connectivity index (χ2n) is 5.73. The van der Waals surface area contributed by atoms with Gasteiger partial charge in [0.15, 0.2) is 0 Å². The largest absolute Gasteiger partial charge is 0.444 e. The van der Waals surface area contributed by atoms with Crippen LogP contribution in [0.3, 0.4) is 0 Å². The molecule has 7 nitrogen and oxygen atoms in total. The number of aliphatic hydroxyl groups is 1. The Morgan fingerprint density at radius 3 is 2.45 bits per heavy atom. The molecule has 1 aromatic heterocycles. The molecule has 7 heteroatoms. The first-order valence-electron chi connectivity index (χ1n) is 7.12. The van der Waals surface area contributed by atoms with Gasteiger partial charge in [0.1, 0.15) is 5.60 Å². The van der Waals surface area contributed by atoms with Crippen LogP contribution in [-0.2, 0) is 11.3 Å². The predicted octanol–water partition coefficient (Wildman–Crippen LogP) is 1.22. The topological polar surface area (TPSA) is 101 Å². The van der Waals surface area contributed by atoms with Crippen molar-refractivity contribution in [2.45, 2.75) is 39.4 Å². The normalized spacial score (nSPS) is 10.9. The molecule has 1 rings (SSSR count). The Balaban J connectivity index is 2.21. The fourth-order valence-electron chi connectivity index (χ4n) is 1.55. The summed E-state index contributed by atoms with van der Waals surface area (Å²) in [6.07, 6.45) is 1.54.